The number of carbonyl (C=O) groups excluding carboxylic acids is 4. The lowest BCUT2D eigenvalue weighted by Crippen LogP contribution is -2.41. The van der Waals surface area contributed by atoms with E-state index in [1.54, 1.807) is 53.4 Å². The normalized spacial score (nSPS) is 13.7. The van der Waals surface area contributed by atoms with Gasteiger partial charge in [0, 0.05) is 43.0 Å². The van der Waals surface area contributed by atoms with E-state index >= 15 is 0 Å². The molecule has 174 valence electrons. The van der Waals surface area contributed by atoms with Gasteiger partial charge in [0.1, 0.15) is 0 Å². The van der Waals surface area contributed by atoms with E-state index in [-0.39, 0.29) is 18.4 Å². The molecule has 4 amide bonds. The molecule has 1 fully saturated rings. The third-order valence-electron chi connectivity index (χ3n) is 5.41. The van der Waals surface area contributed by atoms with Crippen LogP contribution >= 0.6 is 0 Å². The van der Waals surface area contributed by atoms with E-state index in [1.165, 1.54) is 4.90 Å². The molecular weight excluding hydrogens is 420 g/mol. The summed E-state index contributed by atoms with van der Waals surface area (Å²) in [5.74, 6) is -1.72. The van der Waals surface area contributed by atoms with E-state index in [2.05, 4.69) is 5.32 Å². The SMILES string of the molecule is CC(C)CN(Cc1cccc(C(N)=O)c1)C(=O)C(=O)Nc1ccc(N2CCCCC2=O)cc1. The van der Waals surface area contributed by atoms with E-state index in [9.17, 15) is 19.2 Å². The van der Waals surface area contributed by atoms with Crippen molar-refractivity contribution in [1.29, 1.82) is 0 Å². The van der Waals surface area contributed by atoms with E-state index in [1.807, 2.05) is 13.8 Å². The first-order chi connectivity index (χ1) is 15.7. The maximum Gasteiger partial charge on any atom is 0.313 e. The van der Waals surface area contributed by atoms with Gasteiger partial charge in [-0.25, -0.2) is 0 Å². The summed E-state index contributed by atoms with van der Waals surface area (Å²) in [7, 11) is 0. The van der Waals surface area contributed by atoms with Crippen LogP contribution in [-0.4, -0.2) is 41.6 Å². The Morgan fingerprint density at radius 1 is 1.09 bits per heavy atom. The molecule has 0 aliphatic carbocycles. The van der Waals surface area contributed by atoms with Crippen molar-refractivity contribution in [3.8, 4) is 0 Å². The second kappa shape index (κ2) is 10.8. The maximum absolute atomic E-state index is 12.9. The molecule has 3 rings (SSSR count). The molecule has 0 radical (unpaired) electrons. The van der Waals surface area contributed by atoms with Gasteiger partial charge in [-0.2, -0.15) is 0 Å². The molecular formula is C25H30N4O4. The number of primary amides is 1. The summed E-state index contributed by atoms with van der Waals surface area (Å²) in [4.78, 5) is 52.4. The van der Waals surface area contributed by atoms with Gasteiger partial charge in [0.2, 0.25) is 11.8 Å². The third-order valence-corrected chi connectivity index (χ3v) is 5.41. The zero-order chi connectivity index (χ0) is 24.0. The summed E-state index contributed by atoms with van der Waals surface area (Å²) in [5.41, 5.74) is 7.66. The van der Waals surface area contributed by atoms with Crippen LogP contribution < -0.4 is 16.0 Å². The molecule has 2 aromatic carbocycles. The minimum atomic E-state index is -0.747. The zero-order valence-corrected chi connectivity index (χ0v) is 19.0. The Morgan fingerprint density at radius 3 is 2.45 bits per heavy atom. The number of rotatable bonds is 7. The van der Waals surface area contributed by atoms with Gasteiger partial charge in [-0.05, 0) is 60.7 Å². The fourth-order valence-electron chi connectivity index (χ4n) is 3.84. The lowest BCUT2D eigenvalue weighted by molar-refractivity contribution is -0.143. The van der Waals surface area contributed by atoms with Crippen LogP contribution in [0.4, 0.5) is 11.4 Å². The van der Waals surface area contributed by atoms with Gasteiger partial charge in [0.15, 0.2) is 0 Å². The van der Waals surface area contributed by atoms with Crippen molar-refractivity contribution in [3.05, 3.63) is 59.7 Å². The van der Waals surface area contributed by atoms with Crippen molar-refractivity contribution in [2.24, 2.45) is 11.7 Å². The highest BCUT2D eigenvalue weighted by atomic mass is 16.2. The summed E-state index contributed by atoms with van der Waals surface area (Å²) in [6.07, 6.45) is 2.42. The number of piperidine rings is 1. The molecule has 0 saturated carbocycles. The first-order valence-electron chi connectivity index (χ1n) is 11.1. The number of nitrogens with one attached hydrogen (secondary N) is 1. The van der Waals surface area contributed by atoms with Crippen LogP contribution in [0.2, 0.25) is 0 Å². The highest BCUT2D eigenvalue weighted by Gasteiger charge is 2.24. The highest BCUT2D eigenvalue weighted by molar-refractivity contribution is 6.39. The minimum absolute atomic E-state index is 0.0953. The van der Waals surface area contributed by atoms with Crippen molar-refractivity contribution in [3.63, 3.8) is 0 Å². The lowest BCUT2D eigenvalue weighted by Gasteiger charge is -2.27. The second-order valence-electron chi connectivity index (χ2n) is 8.65. The Morgan fingerprint density at radius 2 is 1.82 bits per heavy atom. The molecule has 1 aliphatic heterocycles. The molecule has 0 spiro atoms. The van der Waals surface area contributed by atoms with Crippen LogP contribution in [0.3, 0.4) is 0 Å². The average Bonchev–Trinajstić information content (AvgIpc) is 2.79. The van der Waals surface area contributed by atoms with Crippen LogP contribution in [0.25, 0.3) is 0 Å². The van der Waals surface area contributed by atoms with Crippen molar-refractivity contribution in [1.82, 2.24) is 4.90 Å². The number of carbonyl (C=O) groups is 4. The van der Waals surface area contributed by atoms with Crippen molar-refractivity contribution < 1.29 is 19.2 Å². The Labute approximate surface area is 193 Å². The Hall–Kier alpha value is -3.68. The second-order valence-corrected chi connectivity index (χ2v) is 8.65. The molecule has 0 atom stereocenters. The van der Waals surface area contributed by atoms with Gasteiger partial charge in [0.05, 0.1) is 0 Å². The van der Waals surface area contributed by atoms with E-state index in [0.29, 0.717) is 36.3 Å². The number of benzene rings is 2. The molecule has 1 aliphatic rings. The van der Waals surface area contributed by atoms with Gasteiger partial charge in [-0.1, -0.05) is 26.0 Å². The quantitative estimate of drug-likeness (QED) is 0.632. The fourth-order valence-corrected chi connectivity index (χ4v) is 3.84. The lowest BCUT2D eigenvalue weighted by atomic mass is 10.1. The maximum atomic E-state index is 12.9. The standard InChI is InChI=1S/C25H30N4O4/c1-17(2)15-28(16-18-6-5-7-19(14-18)23(26)31)25(33)24(32)27-20-9-11-21(12-10-20)29-13-4-3-8-22(29)30/h5-7,9-12,14,17H,3-4,8,13,15-16H2,1-2H3,(H2,26,31)(H,27,32). The van der Waals surface area contributed by atoms with Crippen LogP contribution in [-0.2, 0) is 20.9 Å². The topological polar surface area (TPSA) is 113 Å². The Bertz CT molecular complexity index is 1030. The fraction of sp³-hybridized carbons (Fsp3) is 0.360. The first-order valence-corrected chi connectivity index (χ1v) is 11.1. The molecule has 1 heterocycles. The minimum Gasteiger partial charge on any atom is -0.366 e. The molecule has 0 aromatic heterocycles. The number of hydrogen-bond donors (Lipinski definition) is 2. The van der Waals surface area contributed by atoms with Gasteiger partial charge in [-0.3, -0.25) is 19.2 Å². The predicted molar refractivity (Wildman–Crippen MR) is 126 cm³/mol. The molecule has 0 bridgehead atoms. The molecule has 33 heavy (non-hydrogen) atoms. The molecule has 1 saturated heterocycles. The van der Waals surface area contributed by atoms with Gasteiger partial charge >= 0.3 is 11.8 Å². The van der Waals surface area contributed by atoms with Crippen LogP contribution in [0, 0.1) is 5.92 Å². The van der Waals surface area contributed by atoms with Gasteiger partial charge in [-0.15, -0.1) is 0 Å². The Kier molecular flexibility index (Phi) is 7.82. The largest absolute Gasteiger partial charge is 0.366 e. The molecule has 8 nitrogen and oxygen atoms in total. The van der Waals surface area contributed by atoms with E-state index in [0.717, 1.165) is 18.5 Å². The number of anilines is 2. The first kappa shape index (κ1) is 24.0. The molecule has 8 heteroatoms. The van der Waals surface area contributed by atoms with Crippen LogP contribution in [0.5, 0.6) is 0 Å². The van der Waals surface area contributed by atoms with Crippen molar-refractivity contribution in [2.45, 2.75) is 39.7 Å². The van der Waals surface area contributed by atoms with Crippen molar-refractivity contribution >= 4 is 35.0 Å². The number of amides is 4. The summed E-state index contributed by atoms with van der Waals surface area (Å²) in [6, 6.07) is 13.6. The number of nitrogens with zero attached hydrogens (tertiary/aromatic N) is 2. The van der Waals surface area contributed by atoms with Gasteiger partial charge in [0.25, 0.3) is 0 Å². The highest BCUT2D eigenvalue weighted by Crippen LogP contribution is 2.23. The summed E-state index contributed by atoms with van der Waals surface area (Å²) in [6.45, 7) is 5.16. The van der Waals surface area contributed by atoms with E-state index < -0.39 is 17.7 Å². The summed E-state index contributed by atoms with van der Waals surface area (Å²) < 4.78 is 0. The molecule has 0 unspecified atom stereocenters. The number of nitrogens with two attached hydrogens (primary N) is 1. The Balaban J connectivity index is 1.68. The third kappa shape index (κ3) is 6.41. The van der Waals surface area contributed by atoms with Crippen LogP contribution in [0.1, 0.15) is 49.0 Å². The predicted octanol–water partition coefficient (Wildman–Crippen LogP) is 2.93. The molecule has 3 N–H and O–H groups in total. The summed E-state index contributed by atoms with van der Waals surface area (Å²) >= 11 is 0. The zero-order valence-electron chi connectivity index (χ0n) is 19.0. The van der Waals surface area contributed by atoms with Crippen molar-refractivity contribution in [2.75, 3.05) is 23.3 Å². The van der Waals surface area contributed by atoms with Gasteiger partial charge < -0.3 is 20.9 Å². The number of hydrogen-bond acceptors (Lipinski definition) is 4. The molecule has 2 aromatic rings. The monoisotopic (exact) mass is 450 g/mol. The summed E-state index contributed by atoms with van der Waals surface area (Å²) in [5, 5.41) is 2.64. The smallest absolute Gasteiger partial charge is 0.313 e. The average molecular weight is 451 g/mol. The van der Waals surface area contributed by atoms with Crippen LogP contribution in [0.15, 0.2) is 48.5 Å². The van der Waals surface area contributed by atoms with E-state index in [4.69, 9.17) is 5.73 Å².